The fourth-order valence-electron chi connectivity index (χ4n) is 2.40. The summed E-state index contributed by atoms with van der Waals surface area (Å²) < 4.78 is 1.91. The van der Waals surface area contributed by atoms with Gasteiger partial charge in [-0.15, -0.1) is 0 Å². The Morgan fingerprint density at radius 1 is 1.10 bits per heavy atom. The Kier molecular flexibility index (Phi) is 3.33. The Labute approximate surface area is 117 Å². The third kappa shape index (κ3) is 2.48. The van der Waals surface area contributed by atoms with E-state index in [1.807, 2.05) is 60.0 Å². The summed E-state index contributed by atoms with van der Waals surface area (Å²) >= 11 is 0. The van der Waals surface area contributed by atoms with Crippen LogP contribution >= 0.6 is 0 Å². The summed E-state index contributed by atoms with van der Waals surface area (Å²) in [6.07, 6.45) is 2.21. The molecule has 0 saturated heterocycles. The largest absolute Gasteiger partial charge is 0.323 e. The Morgan fingerprint density at radius 2 is 1.85 bits per heavy atom. The number of para-hydroxylation sites is 2. The molecule has 3 rings (SSSR count). The lowest BCUT2D eigenvalue weighted by molar-refractivity contribution is -0.118. The van der Waals surface area contributed by atoms with Crippen LogP contribution in [0.15, 0.2) is 54.9 Å². The van der Waals surface area contributed by atoms with E-state index in [2.05, 4.69) is 4.98 Å². The first-order valence-corrected chi connectivity index (χ1v) is 6.70. The number of rotatable bonds is 4. The van der Waals surface area contributed by atoms with Crippen LogP contribution in [0.5, 0.6) is 0 Å². The average Bonchev–Trinajstić information content (AvgIpc) is 2.85. The number of ketones is 1. The number of hydrogen-bond donors (Lipinski definition) is 0. The number of hydrogen-bond acceptors (Lipinski definition) is 2. The van der Waals surface area contributed by atoms with Crippen molar-refractivity contribution in [3.8, 4) is 0 Å². The minimum Gasteiger partial charge on any atom is -0.323 e. The van der Waals surface area contributed by atoms with E-state index in [1.54, 1.807) is 6.33 Å². The van der Waals surface area contributed by atoms with Gasteiger partial charge in [-0.3, -0.25) is 4.79 Å². The van der Waals surface area contributed by atoms with Crippen LogP contribution in [0.4, 0.5) is 0 Å². The number of carbonyl (C=O) groups is 1. The summed E-state index contributed by atoms with van der Waals surface area (Å²) in [5.41, 5.74) is 4.19. The molecule has 3 nitrogen and oxygen atoms in total. The van der Waals surface area contributed by atoms with Crippen molar-refractivity contribution >= 4 is 16.8 Å². The van der Waals surface area contributed by atoms with Gasteiger partial charge >= 0.3 is 0 Å². The van der Waals surface area contributed by atoms with Gasteiger partial charge in [-0.05, 0) is 30.2 Å². The summed E-state index contributed by atoms with van der Waals surface area (Å²) in [6, 6.07) is 15.9. The van der Waals surface area contributed by atoms with E-state index in [9.17, 15) is 4.79 Å². The molecule has 0 fully saturated rings. The number of imidazole rings is 1. The molecule has 2 aromatic carbocycles. The van der Waals surface area contributed by atoms with E-state index in [4.69, 9.17) is 0 Å². The van der Waals surface area contributed by atoms with Gasteiger partial charge in [-0.25, -0.2) is 4.98 Å². The maximum Gasteiger partial charge on any atom is 0.156 e. The van der Waals surface area contributed by atoms with Crippen molar-refractivity contribution in [3.05, 3.63) is 66.0 Å². The highest BCUT2D eigenvalue weighted by molar-refractivity contribution is 5.83. The second-order valence-electron chi connectivity index (χ2n) is 5.00. The number of carbonyl (C=O) groups excluding carboxylic acids is 1. The Hall–Kier alpha value is -2.42. The maximum atomic E-state index is 12.2. The lowest BCUT2D eigenvalue weighted by Gasteiger charge is -2.06. The van der Waals surface area contributed by atoms with Crippen molar-refractivity contribution in [2.75, 3.05) is 0 Å². The summed E-state index contributed by atoms with van der Waals surface area (Å²) in [6.45, 7) is 2.41. The zero-order valence-corrected chi connectivity index (χ0v) is 11.4. The van der Waals surface area contributed by atoms with E-state index in [0.29, 0.717) is 13.0 Å². The summed E-state index contributed by atoms with van der Waals surface area (Å²) in [5.74, 6) is 0.197. The van der Waals surface area contributed by atoms with E-state index >= 15 is 0 Å². The van der Waals surface area contributed by atoms with Crippen LogP contribution in [0.25, 0.3) is 11.0 Å². The molecular formula is C17H16N2O. The van der Waals surface area contributed by atoms with Gasteiger partial charge in [-0.2, -0.15) is 0 Å². The van der Waals surface area contributed by atoms with Gasteiger partial charge in [0.2, 0.25) is 0 Å². The lowest BCUT2D eigenvalue weighted by Crippen LogP contribution is -2.12. The zero-order valence-electron chi connectivity index (χ0n) is 11.4. The molecule has 20 heavy (non-hydrogen) atoms. The van der Waals surface area contributed by atoms with Crippen LogP contribution in [0.2, 0.25) is 0 Å². The predicted octanol–water partition coefficient (Wildman–Crippen LogP) is 3.16. The van der Waals surface area contributed by atoms with Crippen LogP contribution in [0.3, 0.4) is 0 Å². The first-order valence-electron chi connectivity index (χ1n) is 6.70. The molecular weight excluding hydrogens is 248 g/mol. The van der Waals surface area contributed by atoms with Crippen molar-refractivity contribution in [2.24, 2.45) is 0 Å². The SMILES string of the molecule is Cc1ccccc1CC(=O)Cn1cnc2ccccc21. The van der Waals surface area contributed by atoms with Crippen LogP contribution in [-0.2, 0) is 17.8 Å². The summed E-state index contributed by atoms with van der Waals surface area (Å²) in [7, 11) is 0. The predicted molar refractivity (Wildman–Crippen MR) is 79.6 cm³/mol. The number of benzene rings is 2. The van der Waals surface area contributed by atoms with E-state index in [1.165, 1.54) is 0 Å². The number of aromatic nitrogens is 2. The van der Waals surface area contributed by atoms with Crippen molar-refractivity contribution in [1.29, 1.82) is 0 Å². The molecule has 0 aliphatic carbocycles. The number of aryl methyl sites for hydroxylation is 1. The third-order valence-corrected chi connectivity index (χ3v) is 3.52. The molecule has 0 amide bonds. The van der Waals surface area contributed by atoms with Gasteiger partial charge in [-0.1, -0.05) is 36.4 Å². The first kappa shape index (κ1) is 12.6. The highest BCUT2D eigenvalue weighted by atomic mass is 16.1. The molecule has 0 radical (unpaired) electrons. The molecule has 1 aromatic heterocycles. The first-order chi connectivity index (χ1) is 9.74. The van der Waals surface area contributed by atoms with Gasteiger partial charge in [0, 0.05) is 6.42 Å². The standard InChI is InChI=1S/C17H16N2O/c1-13-6-2-3-7-14(13)10-15(20)11-19-12-18-16-8-4-5-9-17(16)19/h2-9,12H,10-11H2,1H3. The molecule has 3 heteroatoms. The molecule has 0 bridgehead atoms. The molecule has 0 unspecified atom stereocenters. The molecule has 0 aliphatic heterocycles. The van der Waals surface area contributed by atoms with Gasteiger partial charge in [0.1, 0.15) is 0 Å². The van der Waals surface area contributed by atoms with Crippen molar-refractivity contribution in [1.82, 2.24) is 9.55 Å². The second-order valence-corrected chi connectivity index (χ2v) is 5.00. The monoisotopic (exact) mass is 264 g/mol. The lowest BCUT2D eigenvalue weighted by atomic mass is 10.0. The highest BCUT2D eigenvalue weighted by Crippen LogP contribution is 2.13. The quantitative estimate of drug-likeness (QED) is 0.725. The van der Waals surface area contributed by atoms with Crippen molar-refractivity contribution in [3.63, 3.8) is 0 Å². The fraction of sp³-hybridized carbons (Fsp3) is 0.176. The van der Waals surface area contributed by atoms with Crippen LogP contribution in [0, 0.1) is 6.92 Å². The molecule has 3 aromatic rings. The summed E-state index contributed by atoms with van der Waals surface area (Å²) in [5, 5.41) is 0. The van der Waals surface area contributed by atoms with Crippen LogP contribution in [-0.4, -0.2) is 15.3 Å². The second kappa shape index (κ2) is 5.29. The number of fused-ring (bicyclic) bond motifs is 1. The molecule has 0 spiro atoms. The highest BCUT2D eigenvalue weighted by Gasteiger charge is 2.09. The van der Waals surface area contributed by atoms with Gasteiger partial charge in [0.25, 0.3) is 0 Å². The van der Waals surface area contributed by atoms with Crippen LogP contribution in [0.1, 0.15) is 11.1 Å². The normalized spacial score (nSPS) is 10.8. The zero-order chi connectivity index (χ0) is 13.9. The number of nitrogens with zero attached hydrogens (tertiary/aromatic N) is 2. The Balaban J connectivity index is 1.78. The Bertz CT molecular complexity index is 758. The summed E-state index contributed by atoms with van der Waals surface area (Å²) in [4.78, 5) is 16.5. The average molecular weight is 264 g/mol. The van der Waals surface area contributed by atoms with Crippen LogP contribution < -0.4 is 0 Å². The molecule has 0 N–H and O–H groups in total. The van der Waals surface area contributed by atoms with Crippen molar-refractivity contribution in [2.45, 2.75) is 19.9 Å². The van der Waals surface area contributed by atoms with Crippen molar-refractivity contribution < 1.29 is 4.79 Å². The smallest absolute Gasteiger partial charge is 0.156 e. The number of Topliss-reactive ketones (excluding diaryl/α,β-unsaturated/α-hetero) is 1. The van der Waals surface area contributed by atoms with E-state index < -0.39 is 0 Å². The van der Waals surface area contributed by atoms with E-state index in [-0.39, 0.29) is 5.78 Å². The Morgan fingerprint density at radius 3 is 2.70 bits per heavy atom. The van der Waals surface area contributed by atoms with Gasteiger partial charge in [0.15, 0.2) is 5.78 Å². The van der Waals surface area contributed by atoms with Gasteiger partial charge < -0.3 is 4.57 Å². The minimum absolute atomic E-state index is 0.197. The topological polar surface area (TPSA) is 34.9 Å². The van der Waals surface area contributed by atoms with E-state index in [0.717, 1.165) is 22.2 Å². The minimum atomic E-state index is 0.197. The third-order valence-electron chi connectivity index (χ3n) is 3.52. The molecule has 0 saturated carbocycles. The molecule has 0 atom stereocenters. The molecule has 0 aliphatic rings. The maximum absolute atomic E-state index is 12.2. The molecule has 100 valence electrons. The molecule has 1 heterocycles. The van der Waals surface area contributed by atoms with Gasteiger partial charge in [0.05, 0.1) is 23.9 Å². The fourth-order valence-corrected chi connectivity index (χ4v) is 2.40.